The van der Waals surface area contributed by atoms with Gasteiger partial charge in [0, 0.05) is 25.2 Å². The Bertz CT molecular complexity index is 203. The van der Waals surface area contributed by atoms with E-state index in [2.05, 4.69) is 37.9 Å². The van der Waals surface area contributed by atoms with Crippen molar-refractivity contribution >= 4 is 0 Å². The van der Waals surface area contributed by atoms with E-state index >= 15 is 0 Å². The van der Waals surface area contributed by atoms with Crippen molar-refractivity contribution in [2.75, 3.05) is 19.6 Å². The van der Waals surface area contributed by atoms with Crippen LogP contribution in [0.4, 0.5) is 0 Å². The Labute approximate surface area is 115 Å². The monoisotopic (exact) mass is 254 g/mol. The molecule has 2 atom stereocenters. The zero-order chi connectivity index (χ0) is 13.4. The van der Waals surface area contributed by atoms with E-state index in [9.17, 15) is 0 Å². The van der Waals surface area contributed by atoms with Crippen LogP contribution in [0, 0.1) is 5.92 Å². The van der Waals surface area contributed by atoms with E-state index in [-0.39, 0.29) is 0 Å². The summed E-state index contributed by atoms with van der Waals surface area (Å²) in [6.07, 6.45) is 8.44. The third-order valence-corrected chi connectivity index (χ3v) is 4.33. The van der Waals surface area contributed by atoms with Crippen molar-refractivity contribution in [3.8, 4) is 0 Å². The van der Waals surface area contributed by atoms with Crippen molar-refractivity contribution in [1.82, 2.24) is 10.2 Å². The molecule has 2 unspecified atom stereocenters. The normalized spacial score (nSPS) is 25.8. The van der Waals surface area contributed by atoms with Gasteiger partial charge in [-0.15, -0.1) is 0 Å². The largest absolute Gasteiger partial charge is 0.311 e. The molecule has 0 bridgehead atoms. The van der Waals surface area contributed by atoms with Gasteiger partial charge in [-0.2, -0.15) is 0 Å². The first kappa shape index (κ1) is 16.0. The number of unbranched alkanes of at least 4 members (excludes halogenated alkanes) is 5. The Morgan fingerprint density at radius 2 is 1.78 bits per heavy atom. The number of piperazine rings is 1. The summed E-state index contributed by atoms with van der Waals surface area (Å²) in [5.41, 5.74) is 0. The molecular weight excluding hydrogens is 220 g/mol. The van der Waals surface area contributed by atoms with Crippen LogP contribution in [0.15, 0.2) is 0 Å². The highest BCUT2D eigenvalue weighted by Crippen LogP contribution is 2.14. The zero-order valence-electron chi connectivity index (χ0n) is 13.0. The van der Waals surface area contributed by atoms with Gasteiger partial charge in [0.15, 0.2) is 0 Å². The second-order valence-electron chi connectivity index (χ2n) is 6.37. The summed E-state index contributed by atoms with van der Waals surface area (Å²) in [5, 5.41) is 3.67. The van der Waals surface area contributed by atoms with Gasteiger partial charge >= 0.3 is 0 Å². The summed E-state index contributed by atoms with van der Waals surface area (Å²) in [5.74, 6) is 0.754. The summed E-state index contributed by atoms with van der Waals surface area (Å²) < 4.78 is 0. The summed E-state index contributed by atoms with van der Waals surface area (Å²) in [6.45, 7) is 13.0. The van der Waals surface area contributed by atoms with Gasteiger partial charge in [0.25, 0.3) is 0 Å². The molecule has 1 N–H and O–H groups in total. The van der Waals surface area contributed by atoms with Crippen LogP contribution in [0.2, 0.25) is 0 Å². The third-order valence-electron chi connectivity index (χ3n) is 4.33. The summed E-state index contributed by atoms with van der Waals surface area (Å²) in [4.78, 5) is 2.70. The molecule has 0 spiro atoms. The van der Waals surface area contributed by atoms with E-state index in [1.807, 2.05) is 0 Å². The minimum absolute atomic E-state index is 0.696. The molecule has 0 aromatic rings. The maximum Gasteiger partial charge on any atom is 0.0218 e. The van der Waals surface area contributed by atoms with E-state index in [0.29, 0.717) is 6.04 Å². The molecule has 1 saturated heterocycles. The van der Waals surface area contributed by atoms with Crippen LogP contribution in [0.5, 0.6) is 0 Å². The lowest BCUT2D eigenvalue weighted by molar-refractivity contribution is 0.121. The topological polar surface area (TPSA) is 15.3 Å². The Kier molecular flexibility index (Phi) is 7.92. The van der Waals surface area contributed by atoms with E-state index in [1.165, 1.54) is 58.2 Å². The lowest BCUT2D eigenvalue weighted by atomic mass is 9.99. The highest BCUT2D eigenvalue weighted by atomic mass is 15.2. The first-order valence-electron chi connectivity index (χ1n) is 8.12. The molecular formula is C16H34N2. The molecule has 2 heteroatoms. The van der Waals surface area contributed by atoms with Gasteiger partial charge in [-0.1, -0.05) is 52.9 Å². The van der Waals surface area contributed by atoms with E-state index in [0.717, 1.165) is 12.0 Å². The van der Waals surface area contributed by atoms with Gasteiger partial charge in [-0.05, 0) is 25.8 Å². The van der Waals surface area contributed by atoms with Crippen molar-refractivity contribution in [3.63, 3.8) is 0 Å². The summed E-state index contributed by atoms with van der Waals surface area (Å²) >= 11 is 0. The maximum absolute atomic E-state index is 3.67. The molecule has 1 aliphatic rings. The molecule has 0 aliphatic carbocycles. The Hall–Kier alpha value is -0.0800. The summed E-state index contributed by atoms with van der Waals surface area (Å²) in [7, 11) is 0. The average Bonchev–Trinajstić information content (AvgIpc) is 2.35. The van der Waals surface area contributed by atoms with Crippen LogP contribution >= 0.6 is 0 Å². The SMILES string of the molecule is CCCCCCCCN1CC(C(C)C)NCC1C. The fourth-order valence-corrected chi connectivity index (χ4v) is 2.80. The predicted molar refractivity (Wildman–Crippen MR) is 81.0 cm³/mol. The molecule has 1 aliphatic heterocycles. The zero-order valence-corrected chi connectivity index (χ0v) is 13.0. The minimum atomic E-state index is 0.696. The average molecular weight is 254 g/mol. The smallest absolute Gasteiger partial charge is 0.0218 e. The molecule has 0 amide bonds. The first-order valence-corrected chi connectivity index (χ1v) is 8.12. The molecule has 0 aromatic carbocycles. The second-order valence-corrected chi connectivity index (χ2v) is 6.37. The molecule has 108 valence electrons. The quantitative estimate of drug-likeness (QED) is 0.665. The lowest BCUT2D eigenvalue weighted by Crippen LogP contribution is -2.57. The van der Waals surface area contributed by atoms with Gasteiger partial charge in [0.05, 0.1) is 0 Å². The van der Waals surface area contributed by atoms with Gasteiger partial charge in [0.1, 0.15) is 0 Å². The van der Waals surface area contributed by atoms with Crippen molar-refractivity contribution in [2.45, 2.75) is 78.3 Å². The Morgan fingerprint density at radius 3 is 2.44 bits per heavy atom. The number of hydrogen-bond acceptors (Lipinski definition) is 2. The van der Waals surface area contributed by atoms with E-state index in [1.54, 1.807) is 0 Å². The molecule has 18 heavy (non-hydrogen) atoms. The van der Waals surface area contributed by atoms with Gasteiger partial charge in [-0.3, -0.25) is 4.90 Å². The molecule has 0 saturated carbocycles. The van der Waals surface area contributed by atoms with E-state index < -0.39 is 0 Å². The van der Waals surface area contributed by atoms with Gasteiger partial charge in [-0.25, -0.2) is 0 Å². The van der Waals surface area contributed by atoms with E-state index in [4.69, 9.17) is 0 Å². The second kappa shape index (κ2) is 8.92. The fourth-order valence-electron chi connectivity index (χ4n) is 2.80. The van der Waals surface area contributed by atoms with Crippen LogP contribution in [-0.2, 0) is 0 Å². The Morgan fingerprint density at radius 1 is 1.11 bits per heavy atom. The third kappa shape index (κ3) is 5.71. The summed E-state index contributed by atoms with van der Waals surface area (Å²) in [6, 6.07) is 1.41. The van der Waals surface area contributed by atoms with Gasteiger partial charge < -0.3 is 5.32 Å². The molecule has 0 aromatic heterocycles. The fraction of sp³-hybridized carbons (Fsp3) is 1.00. The number of nitrogens with one attached hydrogen (secondary N) is 1. The highest BCUT2D eigenvalue weighted by Gasteiger charge is 2.25. The van der Waals surface area contributed by atoms with Crippen LogP contribution in [0.25, 0.3) is 0 Å². The van der Waals surface area contributed by atoms with Crippen molar-refractivity contribution in [3.05, 3.63) is 0 Å². The van der Waals surface area contributed by atoms with Crippen LogP contribution in [0.1, 0.15) is 66.2 Å². The van der Waals surface area contributed by atoms with Gasteiger partial charge in [0.2, 0.25) is 0 Å². The van der Waals surface area contributed by atoms with Crippen LogP contribution in [-0.4, -0.2) is 36.6 Å². The highest BCUT2D eigenvalue weighted by molar-refractivity contribution is 4.85. The minimum Gasteiger partial charge on any atom is -0.311 e. The van der Waals surface area contributed by atoms with Crippen LogP contribution < -0.4 is 5.32 Å². The first-order chi connectivity index (χ1) is 8.65. The van der Waals surface area contributed by atoms with Crippen LogP contribution in [0.3, 0.4) is 0 Å². The maximum atomic E-state index is 3.67. The molecule has 1 fully saturated rings. The lowest BCUT2D eigenvalue weighted by Gasteiger charge is -2.40. The number of rotatable bonds is 8. The molecule has 1 heterocycles. The number of hydrogen-bond donors (Lipinski definition) is 1. The number of nitrogens with zero attached hydrogens (tertiary/aromatic N) is 1. The Balaban J connectivity index is 2.15. The standard InChI is InChI=1S/C16H34N2/c1-5-6-7-8-9-10-11-18-13-16(14(2)3)17-12-15(18)4/h14-17H,5-13H2,1-4H3. The molecule has 1 rings (SSSR count). The van der Waals surface area contributed by atoms with Crippen molar-refractivity contribution in [2.24, 2.45) is 5.92 Å². The predicted octanol–water partition coefficient (Wildman–Crippen LogP) is 3.67. The van der Waals surface area contributed by atoms with Crippen molar-refractivity contribution < 1.29 is 0 Å². The molecule has 0 radical (unpaired) electrons. The molecule has 2 nitrogen and oxygen atoms in total. The van der Waals surface area contributed by atoms with Crippen molar-refractivity contribution in [1.29, 1.82) is 0 Å².